The first-order valence-corrected chi connectivity index (χ1v) is 11.5. The van der Waals surface area contributed by atoms with E-state index in [2.05, 4.69) is 10.2 Å². The monoisotopic (exact) mass is 471 g/mol. The molecule has 1 saturated heterocycles. The van der Waals surface area contributed by atoms with E-state index in [0.29, 0.717) is 42.5 Å². The second-order valence-electron chi connectivity index (χ2n) is 8.23. The Morgan fingerprint density at radius 1 is 0.886 bits per heavy atom. The number of morpholine rings is 1. The van der Waals surface area contributed by atoms with Crippen LogP contribution in [0.3, 0.4) is 0 Å². The van der Waals surface area contributed by atoms with Gasteiger partial charge in [0.1, 0.15) is 5.75 Å². The highest BCUT2D eigenvalue weighted by Gasteiger charge is 2.37. The van der Waals surface area contributed by atoms with Crippen LogP contribution in [0, 0.1) is 0 Å². The molecule has 0 bridgehead atoms. The maximum absolute atomic E-state index is 13.1. The van der Waals surface area contributed by atoms with Crippen molar-refractivity contribution in [1.82, 2.24) is 0 Å². The molecular weight excluding hydrogens is 446 g/mol. The lowest BCUT2D eigenvalue weighted by atomic mass is 10.1. The van der Waals surface area contributed by atoms with E-state index < -0.39 is 11.8 Å². The Hall–Kier alpha value is -4.17. The first-order chi connectivity index (χ1) is 17.0. The molecule has 0 atom stereocenters. The third-order valence-corrected chi connectivity index (χ3v) is 6.06. The van der Waals surface area contributed by atoms with Gasteiger partial charge in [-0.25, -0.2) is 4.90 Å². The summed E-state index contributed by atoms with van der Waals surface area (Å²) in [7, 11) is 0. The Bertz CT molecular complexity index is 1260. The molecule has 3 amide bonds. The van der Waals surface area contributed by atoms with E-state index in [1.54, 1.807) is 30.3 Å². The summed E-state index contributed by atoms with van der Waals surface area (Å²) in [5.74, 6) is -0.574. The van der Waals surface area contributed by atoms with Crippen LogP contribution in [0.15, 0.2) is 66.7 Å². The molecule has 3 aromatic carbocycles. The highest BCUT2D eigenvalue weighted by atomic mass is 16.5. The van der Waals surface area contributed by atoms with E-state index in [-0.39, 0.29) is 17.0 Å². The largest absolute Gasteiger partial charge is 0.494 e. The summed E-state index contributed by atoms with van der Waals surface area (Å²) in [6.07, 6.45) is 0. The molecule has 35 heavy (non-hydrogen) atoms. The van der Waals surface area contributed by atoms with Crippen molar-refractivity contribution in [2.75, 3.05) is 48.0 Å². The van der Waals surface area contributed by atoms with Crippen molar-refractivity contribution >= 4 is 34.8 Å². The topological polar surface area (TPSA) is 88.2 Å². The van der Waals surface area contributed by atoms with Crippen molar-refractivity contribution in [3.8, 4) is 5.75 Å². The minimum atomic E-state index is -0.460. The van der Waals surface area contributed by atoms with Crippen molar-refractivity contribution in [2.24, 2.45) is 0 Å². The van der Waals surface area contributed by atoms with Crippen LogP contribution < -0.4 is 19.9 Å². The number of fused-ring (bicyclic) bond motifs is 1. The molecule has 0 radical (unpaired) electrons. The lowest BCUT2D eigenvalue weighted by Gasteiger charge is -2.28. The Balaban J connectivity index is 1.30. The Labute approximate surface area is 203 Å². The normalized spacial score (nSPS) is 15.2. The maximum Gasteiger partial charge on any atom is 0.266 e. The summed E-state index contributed by atoms with van der Waals surface area (Å²) in [5, 5.41) is 2.86. The molecule has 8 heteroatoms. The second kappa shape index (κ2) is 9.60. The average Bonchev–Trinajstić information content (AvgIpc) is 3.15. The van der Waals surface area contributed by atoms with Crippen molar-refractivity contribution < 1.29 is 23.9 Å². The summed E-state index contributed by atoms with van der Waals surface area (Å²) in [4.78, 5) is 42.2. The number of nitrogens with zero attached hydrogens (tertiary/aromatic N) is 2. The summed E-state index contributed by atoms with van der Waals surface area (Å²) >= 11 is 0. The van der Waals surface area contributed by atoms with E-state index >= 15 is 0 Å². The zero-order valence-electron chi connectivity index (χ0n) is 19.3. The van der Waals surface area contributed by atoms with Gasteiger partial charge in [-0.05, 0) is 73.7 Å². The molecule has 2 heterocycles. The fourth-order valence-electron chi connectivity index (χ4n) is 4.26. The van der Waals surface area contributed by atoms with E-state index in [1.165, 1.54) is 12.1 Å². The number of hydrogen-bond donors (Lipinski definition) is 1. The maximum atomic E-state index is 13.1. The standard InChI is InChI=1S/C27H25N3O5/c1-2-35-22-10-8-21(9-11-22)30-26(32)23-12-3-18(17-24(23)27(30)33)25(31)28-19-4-6-20(7-5-19)29-13-15-34-16-14-29/h3-12,17H,2,13-16H2,1H3,(H,28,31). The zero-order valence-corrected chi connectivity index (χ0v) is 19.3. The molecule has 1 fully saturated rings. The summed E-state index contributed by atoms with van der Waals surface area (Å²) in [6.45, 7) is 5.48. The van der Waals surface area contributed by atoms with Crippen LogP contribution in [0.1, 0.15) is 38.0 Å². The smallest absolute Gasteiger partial charge is 0.266 e. The van der Waals surface area contributed by atoms with Crippen molar-refractivity contribution in [2.45, 2.75) is 6.92 Å². The first kappa shape index (κ1) is 22.6. The number of hydrogen-bond acceptors (Lipinski definition) is 6. The number of benzene rings is 3. The first-order valence-electron chi connectivity index (χ1n) is 11.5. The van der Waals surface area contributed by atoms with Crippen LogP contribution in [0.25, 0.3) is 0 Å². The van der Waals surface area contributed by atoms with Gasteiger partial charge in [0.2, 0.25) is 0 Å². The molecule has 0 aliphatic carbocycles. The average molecular weight is 472 g/mol. The molecule has 0 aromatic heterocycles. The zero-order chi connectivity index (χ0) is 24.4. The van der Waals surface area contributed by atoms with Gasteiger partial charge in [-0.15, -0.1) is 0 Å². The van der Waals surface area contributed by atoms with E-state index in [1.807, 2.05) is 31.2 Å². The van der Waals surface area contributed by atoms with Crippen LogP contribution >= 0.6 is 0 Å². The van der Waals surface area contributed by atoms with Crippen LogP contribution in [-0.4, -0.2) is 50.6 Å². The number of nitrogens with one attached hydrogen (secondary N) is 1. The van der Waals surface area contributed by atoms with E-state index in [4.69, 9.17) is 9.47 Å². The van der Waals surface area contributed by atoms with Gasteiger partial charge in [-0.1, -0.05) is 0 Å². The van der Waals surface area contributed by atoms with Crippen LogP contribution in [-0.2, 0) is 4.74 Å². The molecule has 5 rings (SSSR count). The number of imide groups is 1. The fraction of sp³-hybridized carbons (Fsp3) is 0.222. The van der Waals surface area contributed by atoms with Gasteiger partial charge in [0, 0.05) is 30.0 Å². The van der Waals surface area contributed by atoms with Gasteiger partial charge in [0.15, 0.2) is 0 Å². The second-order valence-corrected chi connectivity index (χ2v) is 8.23. The van der Waals surface area contributed by atoms with Gasteiger partial charge >= 0.3 is 0 Å². The Morgan fingerprint density at radius 2 is 1.54 bits per heavy atom. The summed E-state index contributed by atoms with van der Waals surface area (Å²) in [6, 6.07) is 18.9. The molecular formula is C27H25N3O5. The third kappa shape index (κ3) is 4.48. The van der Waals surface area contributed by atoms with Crippen LogP contribution in [0.5, 0.6) is 5.75 Å². The minimum absolute atomic E-state index is 0.208. The van der Waals surface area contributed by atoms with E-state index in [0.717, 1.165) is 23.7 Å². The molecule has 8 nitrogen and oxygen atoms in total. The highest BCUT2D eigenvalue weighted by molar-refractivity contribution is 6.34. The van der Waals surface area contributed by atoms with Gasteiger partial charge in [-0.3, -0.25) is 14.4 Å². The van der Waals surface area contributed by atoms with Gasteiger partial charge in [-0.2, -0.15) is 0 Å². The lowest BCUT2D eigenvalue weighted by molar-refractivity contribution is 0.0925. The van der Waals surface area contributed by atoms with Crippen molar-refractivity contribution in [3.05, 3.63) is 83.4 Å². The molecule has 2 aliphatic heterocycles. The quantitative estimate of drug-likeness (QED) is 0.548. The fourth-order valence-corrected chi connectivity index (χ4v) is 4.26. The highest BCUT2D eigenvalue weighted by Crippen LogP contribution is 2.30. The Morgan fingerprint density at radius 3 is 2.23 bits per heavy atom. The summed E-state index contributed by atoms with van der Waals surface area (Å²) in [5.41, 5.74) is 2.95. The number of carbonyl (C=O) groups excluding carboxylic acids is 3. The molecule has 3 aromatic rings. The number of ether oxygens (including phenoxy) is 2. The molecule has 2 aliphatic rings. The van der Waals surface area contributed by atoms with Gasteiger partial charge in [0.25, 0.3) is 17.7 Å². The predicted molar refractivity (Wildman–Crippen MR) is 133 cm³/mol. The molecule has 1 N–H and O–H groups in total. The lowest BCUT2D eigenvalue weighted by Crippen LogP contribution is -2.36. The number of amides is 3. The predicted octanol–water partition coefficient (Wildman–Crippen LogP) is 3.97. The van der Waals surface area contributed by atoms with E-state index in [9.17, 15) is 14.4 Å². The molecule has 0 saturated carbocycles. The third-order valence-electron chi connectivity index (χ3n) is 6.06. The number of anilines is 3. The van der Waals surface area contributed by atoms with Gasteiger partial charge in [0.05, 0.1) is 36.6 Å². The van der Waals surface area contributed by atoms with Crippen molar-refractivity contribution in [1.29, 1.82) is 0 Å². The minimum Gasteiger partial charge on any atom is -0.494 e. The molecule has 0 unspecified atom stereocenters. The Kier molecular flexibility index (Phi) is 6.20. The van der Waals surface area contributed by atoms with Crippen molar-refractivity contribution in [3.63, 3.8) is 0 Å². The summed E-state index contributed by atoms with van der Waals surface area (Å²) < 4.78 is 10.8. The van der Waals surface area contributed by atoms with Crippen LogP contribution in [0.2, 0.25) is 0 Å². The van der Waals surface area contributed by atoms with Crippen LogP contribution in [0.4, 0.5) is 17.1 Å². The molecule has 0 spiro atoms. The SMILES string of the molecule is CCOc1ccc(N2C(=O)c3ccc(C(=O)Nc4ccc(N5CCOCC5)cc4)cc3C2=O)cc1. The molecule has 178 valence electrons. The number of rotatable bonds is 6. The van der Waals surface area contributed by atoms with Gasteiger partial charge < -0.3 is 19.7 Å². The number of carbonyl (C=O) groups is 3.